The number of imide groups is 1. The van der Waals surface area contributed by atoms with Crippen LogP contribution in [-0.4, -0.2) is 11.8 Å². The van der Waals surface area contributed by atoms with Crippen LogP contribution >= 0.6 is 15.9 Å². The lowest BCUT2D eigenvalue weighted by molar-refractivity contribution is -0.125. The topological polar surface area (TPSA) is 37.4 Å². The van der Waals surface area contributed by atoms with Crippen molar-refractivity contribution in [2.75, 3.05) is 4.90 Å². The lowest BCUT2D eigenvalue weighted by atomic mass is 10.0. The molecule has 2 aliphatic rings. The van der Waals surface area contributed by atoms with Crippen LogP contribution in [0.1, 0.15) is 19.4 Å². The van der Waals surface area contributed by atoms with Crippen molar-refractivity contribution >= 4 is 33.4 Å². The molecule has 1 heterocycles. The summed E-state index contributed by atoms with van der Waals surface area (Å²) in [6.45, 7) is 5.56. The number of halogens is 2. The van der Waals surface area contributed by atoms with E-state index in [1.54, 1.807) is 6.92 Å². The van der Waals surface area contributed by atoms with E-state index in [1.165, 1.54) is 17.0 Å². The second-order valence-corrected chi connectivity index (χ2v) is 6.70. The number of piperidine rings is 1. The van der Waals surface area contributed by atoms with E-state index in [-0.39, 0.29) is 33.5 Å². The highest BCUT2D eigenvalue weighted by atomic mass is 79.9. The van der Waals surface area contributed by atoms with Gasteiger partial charge in [-0.25, -0.2) is 9.29 Å². The number of rotatable bonds is 1. The average Bonchev–Trinajstić information content (AvgIpc) is 2.76. The number of hydrogen-bond acceptors (Lipinski definition) is 2. The summed E-state index contributed by atoms with van der Waals surface area (Å²) in [5.74, 6) is -1.17. The summed E-state index contributed by atoms with van der Waals surface area (Å²) in [5.41, 5.74) is 0.836. The minimum atomic E-state index is -0.397. The van der Waals surface area contributed by atoms with Crippen LogP contribution < -0.4 is 4.90 Å². The molecular formula is C14H13BrFNO2. The third kappa shape index (κ3) is 1.54. The highest BCUT2D eigenvalue weighted by Gasteiger charge is 2.72. The molecule has 0 bridgehead atoms. The summed E-state index contributed by atoms with van der Waals surface area (Å²) >= 11 is 3.09. The smallest absolute Gasteiger partial charge is 0.238 e. The van der Waals surface area contributed by atoms with Crippen LogP contribution in [0.4, 0.5) is 10.1 Å². The molecule has 1 aliphatic carbocycles. The highest BCUT2D eigenvalue weighted by Crippen LogP contribution is 2.63. The molecule has 2 atom stereocenters. The van der Waals surface area contributed by atoms with E-state index in [9.17, 15) is 14.0 Å². The first kappa shape index (κ1) is 12.8. The molecular weight excluding hydrogens is 313 g/mol. The molecule has 5 heteroatoms. The normalized spacial score (nSPS) is 27.7. The summed E-state index contributed by atoms with van der Waals surface area (Å²) < 4.78 is 13.7. The Morgan fingerprint density at radius 3 is 2.26 bits per heavy atom. The maximum Gasteiger partial charge on any atom is 0.238 e. The fourth-order valence-corrected chi connectivity index (χ4v) is 3.39. The van der Waals surface area contributed by atoms with Gasteiger partial charge in [0.05, 0.1) is 22.0 Å². The van der Waals surface area contributed by atoms with E-state index in [2.05, 4.69) is 15.9 Å². The molecule has 1 aliphatic heterocycles. The van der Waals surface area contributed by atoms with Gasteiger partial charge in [0.2, 0.25) is 11.8 Å². The van der Waals surface area contributed by atoms with E-state index in [4.69, 9.17) is 0 Å². The maximum absolute atomic E-state index is 13.4. The van der Waals surface area contributed by atoms with Crippen molar-refractivity contribution in [3.63, 3.8) is 0 Å². The van der Waals surface area contributed by atoms with Crippen LogP contribution in [0.2, 0.25) is 0 Å². The largest absolute Gasteiger partial charge is 0.274 e. The molecule has 0 radical (unpaired) electrons. The van der Waals surface area contributed by atoms with E-state index >= 15 is 0 Å². The number of nitrogens with zero attached hydrogens (tertiary/aromatic N) is 1. The standard InChI is InChI=1S/C14H13BrFNO2/c1-6-4-8(16)7(15)5-9(6)17-12(18)10-11(13(17)19)14(10,2)3/h4-5,10-11H,1-3H3. The first-order valence-corrected chi connectivity index (χ1v) is 6.89. The number of carbonyl (C=O) groups is 2. The number of fused-ring (bicyclic) bond motifs is 1. The number of amides is 2. The van der Waals surface area contributed by atoms with Gasteiger partial charge in [0, 0.05) is 0 Å². The zero-order valence-corrected chi connectivity index (χ0v) is 12.4. The zero-order chi connectivity index (χ0) is 14.1. The molecule has 1 saturated heterocycles. The van der Waals surface area contributed by atoms with Crippen LogP contribution in [0.25, 0.3) is 0 Å². The molecule has 1 aromatic carbocycles. The summed E-state index contributed by atoms with van der Waals surface area (Å²) in [7, 11) is 0. The van der Waals surface area contributed by atoms with Crippen LogP contribution in [-0.2, 0) is 9.59 Å². The van der Waals surface area contributed by atoms with Gasteiger partial charge in [0.1, 0.15) is 5.82 Å². The molecule has 0 spiro atoms. The summed E-state index contributed by atoms with van der Waals surface area (Å²) in [6, 6.07) is 2.83. The Morgan fingerprint density at radius 1 is 1.21 bits per heavy atom. The van der Waals surface area contributed by atoms with Crippen molar-refractivity contribution in [3.05, 3.63) is 28.0 Å². The van der Waals surface area contributed by atoms with Crippen molar-refractivity contribution in [1.29, 1.82) is 0 Å². The van der Waals surface area contributed by atoms with Crippen molar-refractivity contribution in [2.24, 2.45) is 17.3 Å². The van der Waals surface area contributed by atoms with Gasteiger partial charge in [0.15, 0.2) is 0 Å². The van der Waals surface area contributed by atoms with Gasteiger partial charge >= 0.3 is 0 Å². The number of hydrogen-bond donors (Lipinski definition) is 0. The first-order valence-electron chi connectivity index (χ1n) is 6.10. The quantitative estimate of drug-likeness (QED) is 0.744. The fourth-order valence-electron chi connectivity index (χ4n) is 3.06. The van der Waals surface area contributed by atoms with Crippen LogP contribution in [0, 0.1) is 30.0 Å². The second-order valence-electron chi connectivity index (χ2n) is 5.84. The molecule has 2 fully saturated rings. The van der Waals surface area contributed by atoms with E-state index in [0.29, 0.717) is 11.3 Å². The summed E-state index contributed by atoms with van der Waals surface area (Å²) in [6.07, 6.45) is 0. The van der Waals surface area contributed by atoms with Crippen LogP contribution in [0.3, 0.4) is 0 Å². The molecule has 100 valence electrons. The third-order valence-electron chi connectivity index (χ3n) is 4.28. The molecule has 1 aromatic rings. The average molecular weight is 326 g/mol. The Hall–Kier alpha value is -1.23. The van der Waals surface area contributed by atoms with Crippen LogP contribution in [0.5, 0.6) is 0 Å². The predicted octanol–water partition coefficient (Wildman–Crippen LogP) is 3.04. The maximum atomic E-state index is 13.4. The molecule has 2 unspecified atom stereocenters. The Morgan fingerprint density at radius 2 is 1.74 bits per heavy atom. The van der Waals surface area contributed by atoms with Gasteiger partial charge in [-0.05, 0) is 46.0 Å². The molecule has 2 amide bonds. The lowest BCUT2D eigenvalue weighted by Crippen LogP contribution is -2.36. The molecule has 19 heavy (non-hydrogen) atoms. The van der Waals surface area contributed by atoms with Gasteiger partial charge in [-0.3, -0.25) is 9.59 Å². The number of benzene rings is 1. The Kier molecular flexibility index (Phi) is 2.46. The van der Waals surface area contributed by atoms with Gasteiger partial charge in [-0.15, -0.1) is 0 Å². The zero-order valence-electron chi connectivity index (χ0n) is 10.8. The van der Waals surface area contributed by atoms with Crippen LogP contribution in [0.15, 0.2) is 16.6 Å². The second kappa shape index (κ2) is 3.66. The predicted molar refractivity (Wildman–Crippen MR) is 72.1 cm³/mol. The van der Waals surface area contributed by atoms with Gasteiger partial charge in [-0.1, -0.05) is 13.8 Å². The highest BCUT2D eigenvalue weighted by molar-refractivity contribution is 9.10. The number of carbonyl (C=O) groups excluding carboxylic acids is 2. The molecule has 1 saturated carbocycles. The van der Waals surface area contributed by atoms with Gasteiger partial charge in [-0.2, -0.15) is 0 Å². The minimum Gasteiger partial charge on any atom is -0.274 e. The van der Waals surface area contributed by atoms with Crippen molar-refractivity contribution in [3.8, 4) is 0 Å². The SMILES string of the molecule is Cc1cc(F)c(Br)cc1N1C(=O)C2C(C1=O)C2(C)C. The number of anilines is 1. The van der Waals surface area contributed by atoms with Crippen molar-refractivity contribution < 1.29 is 14.0 Å². The van der Waals surface area contributed by atoms with Crippen molar-refractivity contribution in [1.82, 2.24) is 0 Å². The third-order valence-corrected chi connectivity index (χ3v) is 4.89. The van der Waals surface area contributed by atoms with Gasteiger partial charge < -0.3 is 0 Å². The molecule has 0 N–H and O–H groups in total. The monoisotopic (exact) mass is 325 g/mol. The lowest BCUT2D eigenvalue weighted by Gasteiger charge is -2.22. The van der Waals surface area contributed by atoms with Crippen molar-refractivity contribution in [2.45, 2.75) is 20.8 Å². The Bertz CT molecular complexity index is 602. The number of aryl methyl sites for hydroxylation is 1. The summed E-state index contributed by atoms with van der Waals surface area (Å²) in [5, 5.41) is 0. The van der Waals surface area contributed by atoms with E-state index < -0.39 is 5.82 Å². The molecule has 0 aromatic heterocycles. The Balaban J connectivity index is 2.04. The Labute approximate surface area is 118 Å². The first-order chi connectivity index (χ1) is 8.76. The minimum absolute atomic E-state index is 0.165. The molecule has 3 nitrogen and oxygen atoms in total. The molecule has 3 rings (SSSR count). The van der Waals surface area contributed by atoms with E-state index in [1.807, 2.05) is 13.8 Å². The van der Waals surface area contributed by atoms with Gasteiger partial charge in [0.25, 0.3) is 0 Å². The van der Waals surface area contributed by atoms with E-state index in [0.717, 1.165) is 0 Å². The fraction of sp³-hybridized carbons (Fsp3) is 0.429. The summed E-state index contributed by atoms with van der Waals surface area (Å²) in [4.78, 5) is 25.8.